The van der Waals surface area contributed by atoms with E-state index in [9.17, 15) is 4.79 Å². The Morgan fingerprint density at radius 1 is 1.55 bits per heavy atom. The molecule has 0 saturated carbocycles. The molecule has 0 N–H and O–H groups in total. The molecule has 64 valence electrons. The van der Waals surface area contributed by atoms with Crippen LogP contribution in [0.15, 0.2) is 0 Å². The normalized spacial score (nSPS) is 28.7. The first-order valence-electron chi connectivity index (χ1n) is 4.03. The van der Waals surface area contributed by atoms with Crippen LogP contribution < -0.4 is 0 Å². The summed E-state index contributed by atoms with van der Waals surface area (Å²) in [6, 6.07) is 0. The Morgan fingerprint density at radius 2 is 2.18 bits per heavy atom. The van der Waals surface area contributed by atoms with E-state index in [0.717, 1.165) is 19.1 Å². The van der Waals surface area contributed by atoms with Crippen molar-refractivity contribution in [3.63, 3.8) is 0 Å². The van der Waals surface area contributed by atoms with Gasteiger partial charge in [-0.15, -0.1) is 0 Å². The zero-order valence-electron chi connectivity index (χ0n) is 7.00. The highest BCUT2D eigenvalue weighted by Crippen LogP contribution is 2.29. The first kappa shape index (κ1) is 8.68. The van der Waals surface area contributed by atoms with E-state index in [1.165, 1.54) is 0 Å². The van der Waals surface area contributed by atoms with Gasteiger partial charge >= 0.3 is 0 Å². The molecule has 0 spiro atoms. The lowest BCUT2D eigenvalue weighted by atomic mass is 10.1. The molecule has 1 aliphatic heterocycles. The Morgan fingerprint density at radius 3 is 2.45 bits per heavy atom. The highest BCUT2D eigenvalue weighted by atomic mass is 16.7. The van der Waals surface area contributed by atoms with E-state index in [4.69, 9.17) is 9.47 Å². The molecular formula is C8H14O3. The fourth-order valence-corrected chi connectivity index (χ4v) is 1.27. The smallest absolute Gasteiger partial charge is 0.168 e. The number of hydrogen-bond donors (Lipinski definition) is 0. The average molecular weight is 158 g/mol. The lowest BCUT2D eigenvalue weighted by Crippen LogP contribution is -2.29. The summed E-state index contributed by atoms with van der Waals surface area (Å²) in [5.74, 6) is -0.481. The van der Waals surface area contributed by atoms with Crippen LogP contribution in [-0.2, 0) is 14.3 Å². The maximum atomic E-state index is 10.3. The van der Waals surface area contributed by atoms with E-state index in [2.05, 4.69) is 0 Å². The van der Waals surface area contributed by atoms with Crippen molar-refractivity contribution in [2.75, 3.05) is 6.61 Å². The largest absolute Gasteiger partial charge is 0.347 e. The van der Waals surface area contributed by atoms with Crippen LogP contribution in [0.2, 0.25) is 0 Å². The van der Waals surface area contributed by atoms with E-state index in [1.54, 1.807) is 0 Å². The molecule has 0 aromatic rings. The summed E-state index contributed by atoms with van der Waals surface area (Å²) in [7, 11) is 0. The molecule has 1 atom stereocenters. The van der Waals surface area contributed by atoms with Crippen molar-refractivity contribution in [2.45, 2.75) is 38.6 Å². The van der Waals surface area contributed by atoms with Crippen LogP contribution in [0.25, 0.3) is 0 Å². The van der Waals surface area contributed by atoms with Gasteiger partial charge in [0.2, 0.25) is 0 Å². The maximum Gasteiger partial charge on any atom is 0.168 e. The molecule has 0 bridgehead atoms. The summed E-state index contributed by atoms with van der Waals surface area (Å²) in [6.45, 7) is 4.40. The van der Waals surface area contributed by atoms with Crippen molar-refractivity contribution in [1.82, 2.24) is 0 Å². The Hall–Kier alpha value is -0.410. The second-order valence-electron chi connectivity index (χ2n) is 2.72. The minimum atomic E-state index is -0.481. The second-order valence-corrected chi connectivity index (χ2v) is 2.72. The van der Waals surface area contributed by atoms with Gasteiger partial charge in [-0.2, -0.15) is 0 Å². The SMILES string of the molecule is CCC1(CC)OC[C@H](C=O)O1. The van der Waals surface area contributed by atoms with Gasteiger partial charge in [-0.05, 0) is 12.8 Å². The highest BCUT2D eigenvalue weighted by Gasteiger charge is 2.37. The van der Waals surface area contributed by atoms with Crippen LogP contribution in [-0.4, -0.2) is 24.8 Å². The molecule has 11 heavy (non-hydrogen) atoms. The van der Waals surface area contributed by atoms with Crippen LogP contribution in [0.4, 0.5) is 0 Å². The summed E-state index contributed by atoms with van der Waals surface area (Å²) in [4.78, 5) is 10.3. The first-order valence-corrected chi connectivity index (χ1v) is 4.03. The summed E-state index contributed by atoms with van der Waals surface area (Å²) in [5, 5.41) is 0. The average Bonchev–Trinajstić information content (AvgIpc) is 2.49. The van der Waals surface area contributed by atoms with Crippen molar-refractivity contribution in [2.24, 2.45) is 0 Å². The maximum absolute atomic E-state index is 10.3. The van der Waals surface area contributed by atoms with E-state index in [-0.39, 0.29) is 6.10 Å². The topological polar surface area (TPSA) is 35.5 Å². The Labute approximate surface area is 66.7 Å². The van der Waals surface area contributed by atoms with Gasteiger partial charge in [-0.1, -0.05) is 13.8 Å². The molecule has 0 radical (unpaired) electrons. The molecule has 3 nitrogen and oxygen atoms in total. The Balaban J connectivity index is 2.54. The van der Waals surface area contributed by atoms with Crippen LogP contribution in [0.1, 0.15) is 26.7 Å². The molecule has 1 fully saturated rings. The number of ether oxygens (including phenoxy) is 2. The minimum Gasteiger partial charge on any atom is -0.347 e. The Bertz CT molecular complexity index is 140. The summed E-state index contributed by atoms with van der Waals surface area (Å²) >= 11 is 0. The number of carbonyl (C=O) groups is 1. The van der Waals surface area contributed by atoms with Gasteiger partial charge in [0.1, 0.15) is 6.10 Å². The van der Waals surface area contributed by atoms with E-state index in [0.29, 0.717) is 6.61 Å². The van der Waals surface area contributed by atoms with Crippen molar-refractivity contribution >= 4 is 6.29 Å². The molecule has 1 saturated heterocycles. The monoisotopic (exact) mass is 158 g/mol. The molecule has 0 aromatic carbocycles. The predicted octanol–water partition coefficient (Wildman–Crippen LogP) is 1.12. The van der Waals surface area contributed by atoms with Gasteiger partial charge in [0, 0.05) is 0 Å². The van der Waals surface area contributed by atoms with Gasteiger partial charge in [0.25, 0.3) is 0 Å². The van der Waals surface area contributed by atoms with Crippen LogP contribution >= 0.6 is 0 Å². The third-order valence-corrected chi connectivity index (χ3v) is 2.11. The molecule has 1 heterocycles. The summed E-state index contributed by atoms with van der Waals surface area (Å²) in [6.07, 6.45) is 2.05. The predicted molar refractivity (Wildman–Crippen MR) is 40.2 cm³/mol. The van der Waals surface area contributed by atoms with E-state index < -0.39 is 5.79 Å². The van der Waals surface area contributed by atoms with Crippen molar-refractivity contribution < 1.29 is 14.3 Å². The van der Waals surface area contributed by atoms with Gasteiger partial charge < -0.3 is 14.3 Å². The minimum absolute atomic E-state index is 0.352. The third kappa shape index (κ3) is 1.60. The van der Waals surface area contributed by atoms with Crippen molar-refractivity contribution in [3.8, 4) is 0 Å². The van der Waals surface area contributed by atoms with Gasteiger partial charge in [-0.3, -0.25) is 0 Å². The van der Waals surface area contributed by atoms with Crippen molar-refractivity contribution in [1.29, 1.82) is 0 Å². The van der Waals surface area contributed by atoms with Crippen LogP contribution in [0.5, 0.6) is 0 Å². The molecule has 1 rings (SSSR count). The van der Waals surface area contributed by atoms with Crippen LogP contribution in [0, 0.1) is 0 Å². The van der Waals surface area contributed by atoms with E-state index >= 15 is 0 Å². The molecule has 0 aliphatic carbocycles. The molecule has 0 aromatic heterocycles. The number of hydrogen-bond acceptors (Lipinski definition) is 3. The van der Waals surface area contributed by atoms with Gasteiger partial charge in [-0.25, -0.2) is 0 Å². The van der Waals surface area contributed by atoms with Crippen LogP contribution in [0.3, 0.4) is 0 Å². The molecule has 0 unspecified atom stereocenters. The molecule has 3 heteroatoms. The van der Waals surface area contributed by atoms with Gasteiger partial charge in [0.05, 0.1) is 6.61 Å². The number of rotatable bonds is 3. The fraction of sp³-hybridized carbons (Fsp3) is 0.875. The quantitative estimate of drug-likeness (QED) is 0.577. The number of carbonyl (C=O) groups excluding carboxylic acids is 1. The standard InChI is InChI=1S/C8H14O3/c1-3-8(4-2)10-6-7(5-9)11-8/h5,7H,3-4,6H2,1-2H3/t7-/m0/s1. The van der Waals surface area contributed by atoms with Crippen molar-refractivity contribution in [3.05, 3.63) is 0 Å². The fourth-order valence-electron chi connectivity index (χ4n) is 1.27. The zero-order valence-corrected chi connectivity index (χ0v) is 7.00. The highest BCUT2D eigenvalue weighted by molar-refractivity contribution is 5.56. The molecular weight excluding hydrogens is 144 g/mol. The second kappa shape index (κ2) is 3.32. The van der Waals surface area contributed by atoms with Gasteiger partial charge in [0.15, 0.2) is 12.1 Å². The summed E-state index contributed by atoms with van der Waals surface area (Å²) < 4.78 is 10.8. The zero-order chi connectivity index (χ0) is 8.32. The molecule has 0 amide bonds. The molecule has 1 aliphatic rings. The number of aldehydes is 1. The lowest BCUT2D eigenvalue weighted by Gasteiger charge is -2.23. The first-order chi connectivity index (χ1) is 5.26. The Kier molecular flexibility index (Phi) is 2.62. The lowest BCUT2D eigenvalue weighted by molar-refractivity contribution is -0.172. The summed E-state index contributed by atoms with van der Waals surface area (Å²) in [5.41, 5.74) is 0. The third-order valence-electron chi connectivity index (χ3n) is 2.11. The van der Waals surface area contributed by atoms with E-state index in [1.807, 2.05) is 13.8 Å².